The molecular formula is C15H26N2O3. The zero-order valence-electron chi connectivity index (χ0n) is 12.3. The van der Waals surface area contributed by atoms with Gasteiger partial charge < -0.3 is 15.7 Å². The van der Waals surface area contributed by atoms with Crippen LogP contribution in [0.15, 0.2) is 0 Å². The van der Waals surface area contributed by atoms with Gasteiger partial charge in [0.25, 0.3) is 0 Å². The van der Waals surface area contributed by atoms with Crippen molar-refractivity contribution in [3.8, 4) is 0 Å². The maximum Gasteiger partial charge on any atom is 0.329 e. The summed E-state index contributed by atoms with van der Waals surface area (Å²) < 4.78 is 0. The Bertz CT molecular complexity index is 356. The highest BCUT2D eigenvalue weighted by molar-refractivity contribution is 5.87. The van der Waals surface area contributed by atoms with Crippen molar-refractivity contribution in [2.45, 2.75) is 57.4 Å². The van der Waals surface area contributed by atoms with Gasteiger partial charge in [-0.15, -0.1) is 0 Å². The second-order valence-corrected chi connectivity index (χ2v) is 6.52. The summed E-state index contributed by atoms with van der Waals surface area (Å²) in [6, 6.07) is 0. The third-order valence-corrected chi connectivity index (χ3v) is 4.86. The summed E-state index contributed by atoms with van der Waals surface area (Å²) in [5, 5.41) is 15.6. The van der Waals surface area contributed by atoms with Gasteiger partial charge in [0.05, 0.1) is 0 Å². The average Bonchev–Trinajstić information content (AvgIpc) is 2.92. The van der Waals surface area contributed by atoms with Crippen molar-refractivity contribution in [3.63, 3.8) is 0 Å². The van der Waals surface area contributed by atoms with Crippen LogP contribution in [0.2, 0.25) is 0 Å². The maximum atomic E-state index is 12.1. The first kappa shape index (κ1) is 15.3. The lowest BCUT2D eigenvalue weighted by atomic mass is 9.77. The number of hydrogen-bond donors (Lipinski definition) is 3. The van der Waals surface area contributed by atoms with E-state index in [1.54, 1.807) is 0 Å². The van der Waals surface area contributed by atoms with Gasteiger partial charge >= 0.3 is 5.97 Å². The Morgan fingerprint density at radius 1 is 1.30 bits per heavy atom. The second-order valence-electron chi connectivity index (χ2n) is 6.52. The maximum absolute atomic E-state index is 12.1. The molecule has 3 N–H and O–H groups in total. The summed E-state index contributed by atoms with van der Waals surface area (Å²) in [6.07, 6.45) is 5.27. The molecule has 1 unspecified atom stereocenters. The Hall–Kier alpha value is -1.10. The van der Waals surface area contributed by atoms with Gasteiger partial charge in [-0.25, -0.2) is 4.79 Å². The van der Waals surface area contributed by atoms with Crippen LogP contribution >= 0.6 is 0 Å². The number of carbonyl (C=O) groups is 2. The molecule has 5 heteroatoms. The zero-order chi connectivity index (χ0) is 14.6. The lowest BCUT2D eigenvalue weighted by Gasteiger charge is -2.36. The van der Waals surface area contributed by atoms with Crippen LogP contribution in [0.25, 0.3) is 0 Å². The van der Waals surface area contributed by atoms with Gasteiger partial charge in [0, 0.05) is 6.42 Å². The summed E-state index contributed by atoms with van der Waals surface area (Å²) in [6.45, 7) is 4.15. The Morgan fingerprint density at radius 3 is 2.55 bits per heavy atom. The number of carbonyl (C=O) groups excluding carboxylic acids is 1. The Morgan fingerprint density at radius 2 is 2.00 bits per heavy atom. The lowest BCUT2D eigenvalue weighted by Crippen LogP contribution is -2.56. The highest BCUT2D eigenvalue weighted by atomic mass is 16.4. The molecule has 1 atom stereocenters. The number of amides is 1. The molecule has 1 amide bonds. The molecular weight excluding hydrogens is 256 g/mol. The molecule has 20 heavy (non-hydrogen) atoms. The van der Waals surface area contributed by atoms with Crippen molar-refractivity contribution in [1.29, 1.82) is 0 Å². The van der Waals surface area contributed by atoms with E-state index in [1.165, 1.54) is 0 Å². The highest BCUT2D eigenvalue weighted by Crippen LogP contribution is 2.32. The van der Waals surface area contributed by atoms with E-state index in [4.69, 9.17) is 0 Å². The SMILES string of the molecule is CC1CCC(NC(=O)CCC2CCNC2)(C(=O)O)CC1. The van der Waals surface area contributed by atoms with Crippen LogP contribution in [0, 0.1) is 11.8 Å². The van der Waals surface area contributed by atoms with Gasteiger partial charge in [-0.05, 0) is 63.5 Å². The van der Waals surface area contributed by atoms with Crippen molar-refractivity contribution in [3.05, 3.63) is 0 Å². The minimum Gasteiger partial charge on any atom is -0.480 e. The minimum atomic E-state index is -1.02. The molecule has 1 aliphatic carbocycles. The number of nitrogens with one attached hydrogen (secondary N) is 2. The zero-order valence-corrected chi connectivity index (χ0v) is 12.3. The molecule has 0 bridgehead atoms. The van der Waals surface area contributed by atoms with E-state index in [1.807, 2.05) is 0 Å². The molecule has 5 nitrogen and oxygen atoms in total. The Labute approximate surface area is 120 Å². The molecule has 2 rings (SSSR count). The predicted molar refractivity (Wildman–Crippen MR) is 76.4 cm³/mol. The monoisotopic (exact) mass is 282 g/mol. The van der Waals surface area contributed by atoms with Gasteiger partial charge in [-0.2, -0.15) is 0 Å². The lowest BCUT2D eigenvalue weighted by molar-refractivity contribution is -0.149. The second kappa shape index (κ2) is 6.57. The normalized spacial score (nSPS) is 33.9. The highest BCUT2D eigenvalue weighted by Gasteiger charge is 2.42. The van der Waals surface area contributed by atoms with Crippen LogP contribution in [0.1, 0.15) is 51.9 Å². The number of carboxylic acids is 1. The number of carboxylic acid groups (broad SMARTS) is 1. The van der Waals surface area contributed by atoms with Crippen LogP contribution in [-0.2, 0) is 9.59 Å². The smallest absolute Gasteiger partial charge is 0.329 e. The van der Waals surface area contributed by atoms with Crippen LogP contribution < -0.4 is 10.6 Å². The van der Waals surface area contributed by atoms with E-state index < -0.39 is 11.5 Å². The van der Waals surface area contributed by atoms with Crippen LogP contribution in [0.4, 0.5) is 0 Å². The molecule has 2 fully saturated rings. The first-order valence-corrected chi connectivity index (χ1v) is 7.77. The molecule has 2 aliphatic rings. The van der Waals surface area contributed by atoms with Gasteiger partial charge in [0.15, 0.2) is 0 Å². The van der Waals surface area contributed by atoms with Crippen LogP contribution in [0.3, 0.4) is 0 Å². The van der Waals surface area contributed by atoms with E-state index in [2.05, 4.69) is 17.6 Å². The fourth-order valence-electron chi connectivity index (χ4n) is 3.27. The van der Waals surface area contributed by atoms with E-state index in [-0.39, 0.29) is 5.91 Å². The third kappa shape index (κ3) is 3.72. The number of hydrogen-bond acceptors (Lipinski definition) is 3. The molecule has 1 heterocycles. The topological polar surface area (TPSA) is 78.4 Å². The molecule has 0 aromatic heterocycles. The van der Waals surface area contributed by atoms with Crippen molar-refractivity contribution >= 4 is 11.9 Å². The molecule has 1 saturated carbocycles. The molecule has 0 aromatic carbocycles. The largest absolute Gasteiger partial charge is 0.480 e. The summed E-state index contributed by atoms with van der Waals surface area (Å²) >= 11 is 0. The Balaban J connectivity index is 1.84. The van der Waals surface area contributed by atoms with Crippen molar-refractivity contribution in [2.24, 2.45) is 11.8 Å². The summed E-state index contributed by atoms with van der Waals surface area (Å²) in [5.74, 6) is 0.144. The van der Waals surface area contributed by atoms with Crippen LogP contribution in [-0.4, -0.2) is 35.6 Å². The molecule has 1 saturated heterocycles. The fourth-order valence-corrected chi connectivity index (χ4v) is 3.27. The van der Waals surface area contributed by atoms with E-state index in [0.29, 0.717) is 31.1 Å². The van der Waals surface area contributed by atoms with Gasteiger partial charge in [-0.1, -0.05) is 6.92 Å². The molecule has 0 aromatic rings. The fraction of sp³-hybridized carbons (Fsp3) is 0.867. The quantitative estimate of drug-likeness (QED) is 0.714. The van der Waals surface area contributed by atoms with Crippen molar-refractivity contribution in [2.75, 3.05) is 13.1 Å². The average molecular weight is 282 g/mol. The van der Waals surface area contributed by atoms with Gasteiger partial charge in [-0.3, -0.25) is 4.79 Å². The first-order chi connectivity index (χ1) is 9.52. The van der Waals surface area contributed by atoms with E-state index >= 15 is 0 Å². The predicted octanol–water partition coefficient (Wildman–Crippen LogP) is 1.53. The molecule has 1 aliphatic heterocycles. The van der Waals surface area contributed by atoms with E-state index in [0.717, 1.165) is 38.8 Å². The molecule has 0 radical (unpaired) electrons. The summed E-state index contributed by atoms with van der Waals surface area (Å²) in [7, 11) is 0. The molecule has 114 valence electrons. The minimum absolute atomic E-state index is 0.103. The number of aliphatic carboxylic acids is 1. The van der Waals surface area contributed by atoms with Gasteiger partial charge in [0.1, 0.15) is 5.54 Å². The van der Waals surface area contributed by atoms with E-state index in [9.17, 15) is 14.7 Å². The summed E-state index contributed by atoms with van der Waals surface area (Å²) in [4.78, 5) is 23.6. The Kier molecular flexibility index (Phi) is 5.02. The van der Waals surface area contributed by atoms with Crippen molar-refractivity contribution in [1.82, 2.24) is 10.6 Å². The standard InChI is InChI=1S/C15H26N2O3/c1-11-4-7-15(8-5-11,14(19)20)17-13(18)3-2-12-6-9-16-10-12/h11-12,16H,2-10H2,1H3,(H,17,18)(H,19,20). The van der Waals surface area contributed by atoms with Crippen molar-refractivity contribution < 1.29 is 14.7 Å². The number of rotatable bonds is 5. The third-order valence-electron chi connectivity index (χ3n) is 4.86. The van der Waals surface area contributed by atoms with Crippen LogP contribution in [0.5, 0.6) is 0 Å². The summed E-state index contributed by atoms with van der Waals surface area (Å²) in [5.41, 5.74) is -1.02. The van der Waals surface area contributed by atoms with Gasteiger partial charge in [0.2, 0.25) is 5.91 Å². The first-order valence-electron chi connectivity index (χ1n) is 7.77. The molecule has 0 spiro atoms.